The second-order valence-corrected chi connectivity index (χ2v) is 3.34. The minimum Gasteiger partial charge on any atom is -0.390 e. The van der Waals surface area contributed by atoms with Gasteiger partial charge in [0.15, 0.2) is 6.29 Å². The average Bonchev–Trinajstić information content (AvgIpc) is 2.85. The fourth-order valence-corrected chi connectivity index (χ4v) is 1.10. The number of hydrogen-bond acceptors (Lipinski definition) is 6. The Bertz CT molecular complexity index is 192. The lowest BCUT2D eigenvalue weighted by Gasteiger charge is -2.23. The van der Waals surface area contributed by atoms with Gasteiger partial charge in [-0.1, -0.05) is 0 Å². The van der Waals surface area contributed by atoms with Gasteiger partial charge in [0.2, 0.25) is 0 Å². The van der Waals surface area contributed by atoms with Gasteiger partial charge in [0, 0.05) is 18.8 Å². The van der Waals surface area contributed by atoms with E-state index in [9.17, 15) is 15.3 Å². The van der Waals surface area contributed by atoms with Crippen LogP contribution < -0.4 is 0 Å². The SMILES string of the molecule is OC(O)C[C@@H](O)[C@@H](O)[C@H](O)CN1C=C1. The summed E-state index contributed by atoms with van der Waals surface area (Å²) in [4.78, 5) is 1.65. The second kappa shape index (κ2) is 4.72. The summed E-state index contributed by atoms with van der Waals surface area (Å²) in [6, 6.07) is 0. The fraction of sp³-hybridized carbons (Fsp3) is 0.750. The van der Waals surface area contributed by atoms with Crippen LogP contribution in [0, 0.1) is 0 Å². The van der Waals surface area contributed by atoms with Gasteiger partial charge in [-0.05, 0) is 0 Å². The van der Waals surface area contributed by atoms with Gasteiger partial charge in [-0.3, -0.25) is 0 Å². The summed E-state index contributed by atoms with van der Waals surface area (Å²) in [5.41, 5.74) is 0. The molecule has 82 valence electrons. The zero-order valence-corrected chi connectivity index (χ0v) is 7.56. The molecule has 0 aromatic rings. The highest BCUT2D eigenvalue weighted by Crippen LogP contribution is 2.12. The van der Waals surface area contributed by atoms with Crippen LogP contribution in [0.15, 0.2) is 12.4 Å². The highest BCUT2D eigenvalue weighted by atomic mass is 16.5. The predicted molar refractivity (Wildman–Crippen MR) is 46.7 cm³/mol. The summed E-state index contributed by atoms with van der Waals surface area (Å²) < 4.78 is 0. The molecular weight excluding hydrogens is 190 g/mol. The van der Waals surface area contributed by atoms with E-state index in [2.05, 4.69) is 0 Å². The molecule has 1 aliphatic rings. The van der Waals surface area contributed by atoms with Gasteiger partial charge in [0.1, 0.15) is 12.2 Å². The standard InChI is InChI=1S/C8H15NO5/c10-5(3-7(12)13)8(14)6(11)4-9-1-2-9/h1-2,5-8,10-14H,3-4H2/t5-,6-,8-/m1/s1. The van der Waals surface area contributed by atoms with Gasteiger partial charge >= 0.3 is 0 Å². The Balaban J connectivity index is 2.25. The van der Waals surface area contributed by atoms with Gasteiger partial charge in [-0.2, -0.15) is 0 Å². The van der Waals surface area contributed by atoms with E-state index in [-0.39, 0.29) is 13.0 Å². The lowest BCUT2D eigenvalue weighted by Crippen LogP contribution is -2.42. The molecule has 0 saturated carbocycles. The summed E-state index contributed by atoms with van der Waals surface area (Å²) >= 11 is 0. The smallest absolute Gasteiger partial charge is 0.154 e. The van der Waals surface area contributed by atoms with E-state index in [1.54, 1.807) is 17.3 Å². The summed E-state index contributed by atoms with van der Waals surface area (Å²) in [7, 11) is 0. The summed E-state index contributed by atoms with van der Waals surface area (Å²) in [6.07, 6.45) is -2.48. The van der Waals surface area contributed by atoms with E-state index in [0.29, 0.717) is 0 Å². The van der Waals surface area contributed by atoms with Crippen LogP contribution in [0.4, 0.5) is 0 Å². The molecule has 0 fully saturated rings. The molecule has 0 unspecified atom stereocenters. The molecular formula is C8H15NO5. The number of hydrogen-bond donors (Lipinski definition) is 5. The first-order chi connectivity index (χ1) is 6.50. The number of nitrogens with zero attached hydrogens (tertiary/aromatic N) is 1. The molecule has 0 amide bonds. The normalized spacial score (nSPS) is 21.1. The largest absolute Gasteiger partial charge is 0.390 e. The molecule has 0 radical (unpaired) electrons. The van der Waals surface area contributed by atoms with Crippen LogP contribution in [0.2, 0.25) is 0 Å². The van der Waals surface area contributed by atoms with Gasteiger partial charge in [0.25, 0.3) is 0 Å². The number of β-amino-alcohol motifs (C(OH)–C–C–N with tert-alkyl or cyclic N) is 1. The molecule has 0 aromatic carbocycles. The van der Waals surface area contributed by atoms with E-state index in [0.717, 1.165) is 0 Å². The first kappa shape index (κ1) is 11.4. The van der Waals surface area contributed by atoms with Crippen LogP contribution in [-0.4, -0.2) is 61.6 Å². The van der Waals surface area contributed by atoms with Gasteiger partial charge in [0.05, 0.1) is 12.6 Å². The molecule has 6 heteroatoms. The number of aliphatic hydroxyl groups is 5. The Kier molecular flexibility index (Phi) is 3.85. The lowest BCUT2D eigenvalue weighted by atomic mass is 10.1. The Morgan fingerprint density at radius 3 is 1.93 bits per heavy atom. The Labute approximate surface area is 81.3 Å². The molecule has 0 saturated heterocycles. The van der Waals surface area contributed by atoms with Crippen molar-refractivity contribution in [2.45, 2.75) is 31.0 Å². The van der Waals surface area contributed by atoms with Crippen molar-refractivity contribution in [2.75, 3.05) is 6.54 Å². The lowest BCUT2D eigenvalue weighted by molar-refractivity contribution is -0.115. The van der Waals surface area contributed by atoms with Crippen LogP contribution >= 0.6 is 0 Å². The maximum Gasteiger partial charge on any atom is 0.154 e. The van der Waals surface area contributed by atoms with Crippen molar-refractivity contribution in [3.63, 3.8) is 0 Å². The first-order valence-corrected chi connectivity index (χ1v) is 4.35. The van der Waals surface area contributed by atoms with Crippen LogP contribution in [0.1, 0.15) is 6.42 Å². The van der Waals surface area contributed by atoms with Crippen molar-refractivity contribution in [3.8, 4) is 0 Å². The third-order valence-corrected chi connectivity index (χ3v) is 2.00. The molecule has 0 aliphatic carbocycles. The molecule has 1 rings (SSSR count). The quantitative estimate of drug-likeness (QED) is 0.308. The molecule has 3 atom stereocenters. The first-order valence-electron chi connectivity index (χ1n) is 4.35. The minimum atomic E-state index is -1.69. The predicted octanol–water partition coefficient (Wildman–Crippen LogP) is -2.44. The number of aliphatic hydroxyl groups excluding tert-OH is 4. The van der Waals surface area contributed by atoms with Crippen molar-refractivity contribution < 1.29 is 25.5 Å². The minimum absolute atomic E-state index is 0.194. The van der Waals surface area contributed by atoms with E-state index < -0.39 is 24.6 Å². The van der Waals surface area contributed by atoms with Crippen molar-refractivity contribution in [2.24, 2.45) is 0 Å². The van der Waals surface area contributed by atoms with Gasteiger partial charge in [-0.25, -0.2) is 0 Å². The van der Waals surface area contributed by atoms with E-state index in [4.69, 9.17) is 10.2 Å². The third-order valence-electron chi connectivity index (χ3n) is 2.00. The molecule has 14 heavy (non-hydrogen) atoms. The fourth-order valence-electron chi connectivity index (χ4n) is 1.10. The molecule has 0 spiro atoms. The van der Waals surface area contributed by atoms with E-state index in [1.807, 2.05) is 0 Å². The van der Waals surface area contributed by atoms with E-state index >= 15 is 0 Å². The highest BCUT2D eigenvalue weighted by molar-refractivity contribution is 5.02. The highest BCUT2D eigenvalue weighted by Gasteiger charge is 2.28. The van der Waals surface area contributed by atoms with Crippen LogP contribution in [0.25, 0.3) is 0 Å². The van der Waals surface area contributed by atoms with Crippen LogP contribution in [0.3, 0.4) is 0 Å². The topological polar surface area (TPSA) is 104 Å². The maximum atomic E-state index is 9.36. The van der Waals surface area contributed by atoms with E-state index in [1.165, 1.54) is 0 Å². The Hall–Kier alpha value is -0.660. The van der Waals surface area contributed by atoms with Crippen molar-refractivity contribution in [1.29, 1.82) is 0 Å². The molecule has 0 aromatic heterocycles. The zero-order valence-electron chi connectivity index (χ0n) is 7.56. The van der Waals surface area contributed by atoms with Crippen molar-refractivity contribution in [1.82, 2.24) is 4.90 Å². The summed E-state index contributed by atoms with van der Waals surface area (Å²) in [6.45, 7) is 0.194. The Morgan fingerprint density at radius 1 is 0.929 bits per heavy atom. The number of rotatable bonds is 6. The summed E-state index contributed by atoms with van der Waals surface area (Å²) in [5, 5.41) is 45.0. The maximum absolute atomic E-state index is 9.36. The summed E-state index contributed by atoms with van der Waals surface area (Å²) in [5.74, 6) is 0. The van der Waals surface area contributed by atoms with Crippen LogP contribution in [-0.2, 0) is 0 Å². The average molecular weight is 205 g/mol. The molecule has 1 heterocycles. The van der Waals surface area contributed by atoms with Crippen molar-refractivity contribution >= 4 is 0 Å². The monoisotopic (exact) mass is 205 g/mol. The molecule has 6 nitrogen and oxygen atoms in total. The van der Waals surface area contributed by atoms with Gasteiger partial charge in [-0.15, -0.1) is 0 Å². The van der Waals surface area contributed by atoms with Crippen molar-refractivity contribution in [3.05, 3.63) is 12.4 Å². The van der Waals surface area contributed by atoms with Crippen LogP contribution in [0.5, 0.6) is 0 Å². The third kappa shape index (κ3) is 3.60. The zero-order chi connectivity index (χ0) is 10.7. The molecule has 1 aliphatic heterocycles. The molecule has 0 bridgehead atoms. The Morgan fingerprint density at radius 2 is 1.50 bits per heavy atom. The second-order valence-electron chi connectivity index (χ2n) is 3.34. The van der Waals surface area contributed by atoms with Gasteiger partial charge < -0.3 is 30.4 Å². The molecule has 5 N–H and O–H groups in total.